The molecule has 6 nitrogen and oxygen atoms in total. The molecule has 1 atom stereocenters. The number of rotatable bonds is 9. The molecule has 158 valence electrons. The summed E-state index contributed by atoms with van der Waals surface area (Å²) in [7, 11) is -3.69. The number of sulfonamides is 1. The Morgan fingerprint density at radius 2 is 1.90 bits per heavy atom. The van der Waals surface area contributed by atoms with Crippen LogP contribution in [0.5, 0.6) is 5.75 Å². The highest BCUT2D eigenvalue weighted by Gasteiger charge is 2.31. The van der Waals surface area contributed by atoms with Crippen LogP contribution in [-0.4, -0.2) is 39.8 Å². The van der Waals surface area contributed by atoms with E-state index < -0.39 is 16.1 Å². The van der Waals surface area contributed by atoms with Crippen molar-refractivity contribution in [2.45, 2.75) is 33.2 Å². The molecule has 0 unspecified atom stereocenters. The SMILES string of the molecule is CC[C@H](C(=O)NCCOc1ccc(C)c(C)c1)N(c1cccc(Cl)c1)S(C)(=O)=O. The van der Waals surface area contributed by atoms with Gasteiger partial charge in [-0.2, -0.15) is 0 Å². The number of carbonyl (C=O) groups is 1. The number of ether oxygens (including phenoxy) is 1. The zero-order chi connectivity index (χ0) is 21.6. The summed E-state index contributed by atoms with van der Waals surface area (Å²) in [5.74, 6) is 0.340. The second-order valence-corrected chi connectivity index (χ2v) is 9.14. The van der Waals surface area contributed by atoms with Crippen molar-refractivity contribution in [2.75, 3.05) is 23.7 Å². The fourth-order valence-electron chi connectivity index (χ4n) is 2.94. The van der Waals surface area contributed by atoms with E-state index in [2.05, 4.69) is 5.32 Å². The Labute approximate surface area is 177 Å². The Morgan fingerprint density at radius 3 is 2.48 bits per heavy atom. The predicted molar refractivity (Wildman–Crippen MR) is 117 cm³/mol. The van der Waals surface area contributed by atoms with E-state index in [9.17, 15) is 13.2 Å². The Balaban J connectivity index is 2.04. The molecule has 0 saturated carbocycles. The molecule has 1 N–H and O–H groups in total. The van der Waals surface area contributed by atoms with E-state index in [4.69, 9.17) is 16.3 Å². The summed E-state index contributed by atoms with van der Waals surface area (Å²) in [5, 5.41) is 3.16. The van der Waals surface area contributed by atoms with E-state index in [-0.39, 0.29) is 19.1 Å². The Hall–Kier alpha value is -2.25. The van der Waals surface area contributed by atoms with E-state index in [1.54, 1.807) is 25.1 Å². The van der Waals surface area contributed by atoms with Gasteiger partial charge in [-0.05, 0) is 61.7 Å². The van der Waals surface area contributed by atoms with Gasteiger partial charge in [-0.15, -0.1) is 0 Å². The van der Waals surface area contributed by atoms with Crippen LogP contribution >= 0.6 is 11.6 Å². The number of benzene rings is 2. The third-order valence-electron chi connectivity index (χ3n) is 4.54. The zero-order valence-electron chi connectivity index (χ0n) is 17.1. The van der Waals surface area contributed by atoms with Crippen molar-refractivity contribution in [3.63, 3.8) is 0 Å². The van der Waals surface area contributed by atoms with Gasteiger partial charge >= 0.3 is 0 Å². The van der Waals surface area contributed by atoms with Gasteiger partial charge in [-0.3, -0.25) is 9.10 Å². The Kier molecular flexibility index (Phi) is 7.93. The second-order valence-electron chi connectivity index (χ2n) is 6.85. The Morgan fingerprint density at radius 1 is 1.17 bits per heavy atom. The van der Waals surface area contributed by atoms with Crippen LogP contribution in [-0.2, 0) is 14.8 Å². The lowest BCUT2D eigenvalue weighted by Crippen LogP contribution is -2.50. The van der Waals surface area contributed by atoms with Gasteiger partial charge in [0.15, 0.2) is 0 Å². The topological polar surface area (TPSA) is 75.7 Å². The molecule has 2 aromatic carbocycles. The third-order valence-corrected chi connectivity index (χ3v) is 5.96. The van der Waals surface area contributed by atoms with E-state index >= 15 is 0 Å². The molecule has 0 saturated heterocycles. The highest BCUT2D eigenvalue weighted by atomic mass is 35.5. The van der Waals surface area contributed by atoms with Gasteiger partial charge in [0.25, 0.3) is 0 Å². The summed E-state index contributed by atoms with van der Waals surface area (Å²) >= 11 is 6.01. The van der Waals surface area contributed by atoms with Crippen molar-refractivity contribution < 1.29 is 17.9 Å². The van der Waals surface area contributed by atoms with Gasteiger partial charge < -0.3 is 10.1 Å². The average Bonchev–Trinajstić information content (AvgIpc) is 2.64. The molecule has 0 bridgehead atoms. The van der Waals surface area contributed by atoms with Crippen molar-refractivity contribution in [1.29, 1.82) is 0 Å². The normalized spacial score (nSPS) is 12.3. The highest BCUT2D eigenvalue weighted by Crippen LogP contribution is 2.25. The molecule has 8 heteroatoms. The van der Waals surface area contributed by atoms with Crippen LogP contribution in [0.25, 0.3) is 0 Å². The lowest BCUT2D eigenvalue weighted by Gasteiger charge is -2.30. The van der Waals surface area contributed by atoms with Crippen molar-refractivity contribution >= 4 is 33.2 Å². The molecule has 0 spiro atoms. The molecule has 0 aliphatic heterocycles. The number of amides is 1. The first-order chi connectivity index (χ1) is 13.6. The predicted octanol–water partition coefficient (Wildman–Crippen LogP) is 3.70. The molecule has 2 rings (SSSR count). The van der Waals surface area contributed by atoms with Gasteiger partial charge in [0.1, 0.15) is 18.4 Å². The van der Waals surface area contributed by atoms with Gasteiger partial charge in [0.05, 0.1) is 18.5 Å². The first-order valence-corrected chi connectivity index (χ1v) is 11.6. The minimum absolute atomic E-state index is 0.259. The van der Waals surface area contributed by atoms with E-state index in [1.165, 1.54) is 11.6 Å². The summed E-state index contributed by atoms with van der Waals surface area (Å²) in [5.41, 5.74) is 2.66. The smallest absolute Gasteiger partial charge is 0.244 e. The van der Waals surface area contributed by atoms with Crippen molar-refractivity contribution in [1.82, 2.24) is 5.32 Å². The van der Waals surface area contributed by atoms with E-state index in [0.717, 1.165) is 21.9 Å². The van der Waals surface area contributed by atoms with E-state index in [0.29, 0.717) is 17.1 Å². The van der Waals surface area contributed by atoms with Gasteiger partial charge in [0, 0.05) is 5.02 Å². The Bertz CT molecular complexity index is 963. The summed E-state index contributed by atoms with van der Waals surface area (Å²) in [6.45, 7) is 6.33. The van der Waals surface area contributed by atoms with Crippen molar-refractivity contribution in [3.05, 3.63) is 58.6 Å². The maximum Gasteiger partial charge on any atom is 0.244 e. The van der Waals surface area contributed by atoms with E-state index in [1.807, 2.05) is 32.0 Å². The number of hydrogen-bond acceptors (Lipinski definition) is 4. The molecule has 2 aromatic rings. The summed E-state index contributed by atoms with van der Waals surface area (Å²) in [6.07, 6.45) is 1.39. The van der Waals surface area contributed by atoms with Gasteiger partial charge in [0.2, 0.25) is 15.9 Å². The quantitative estimate of drug-likeness (QED) is 0.606. The highest BCUT2D eigenvalue weighted by molar-refractivity contribution is 7.92. The van der Waals surface area contributed by atoms with Crippen LogP contribution in [0.4, 0.5) is 5.69 Å². The molecule has 0 aromatic heterocycles. The largest absolute Gasteiger partial charge is 0.492 e. The van der Waals surface area contributed by atoms with Gasteiger partial charge in [-0.1, -0.05) is 30.7 Å². The van der Waals surface area contributed by atoms with Gasteiger partial charge in [-0.25, -0.2) is 8.42 Å². The number of nitrogens with one attached hydrogen (secondary N) is 1. The summed E-state index contributed by atoms with van der Waals surface area (Å²) in [4.78, 5) is 12.7. The molecule has 0 radical (unpaired) electrons. The standard InChI is InChI=1S/C21H27ClN2O4S/c1-5-20(24(29(4,26)27)18-8-6-7-17(22)14-18)21(25)23-11-12-28-19-10-9-15(2)16(3)13-19/h6-10,13-14,20H,5,11-12H2,1-4H3,(H,23,25)/t20-/m1/s1. The monoisotopic (exact) mass is 438 g/mol. The first kappa shape index (κ1) is 23.0. The summed E-state index contributed by atoms with van der Waals surface area (Å²) < 4.78 is 31.6. The average molecular weight is 439 g/mol. The molecule has 0 aliphatic rings. The number of anilines is 1. The fourth-order valence-corrected chi connectivity index (χ4v) is 4.33. The molecule has 1 amide bonds. The van der Waals surface area contributed by atoms with Crippen LogP contribution in [0.3, 0.4) is 0 Å². The molecule has 29 heavy (non-hydrogen) atoms. The lowest BCUT2D eigenvalue weighted by molar-refractivity contribution is -0.122. The summed E-state index contributed by atoms with van der Waals surface area (Å²) in [6, 6.07) is 11.4. The molecule has 0 heterocycles. The number of nitrogens with zero attached hydrogens (tertiary/aromatic N) is 1. The number of carbonyl (C=O) groups excluding carboxylic acids is 1. The second kappa shape index (κ2) is 9.98. The fraction of sp³-hybridized carbons (Fsp3) is 0.381. The molecule has 0 aliphatic carbocycles. The van der Waals surface area contributed by atoms with Crippen LogP contribution in [0.1, 0.15) is 24.5 Å². The molecular formula is C21H27ClN2O4S. The third kappa shape index (κ3) is 6.37. The molecule has 0 fully saturated rings. The molecular weight excluding hydrogens is 412 g/mol. The van der Waals surface area contributed by atoms with Crippen LogP contribution in [0, 0.1) is 13.8 Å². The number of halogens is 1. The van der Waals surface area contributed by atoms with Crippen LogP contribution in [0.15, 0.2) is 42.5 Å². The van der Waals surface area contributed by atoms with Crippen LogP contribution in [0.2, 0.25) is 5.02 Å². The van der Waals surface area contributed by atoms with Crippen LogP contribution < -0.4 is 14.4 Å². The zero-order valence-corrected chi connectivity index (χ0v) is 18.7. The minimum atomic E-state index is -3.69. The maximum absolute atomic E-state index is 12.7. The lowest BCUT2D eigenvalue weighted by atomic mass is 10.1. The number of hydrogen-bond donors (Lipinski definition) is 1. The van der Waals surface area contributed by atoms with Crippen molar-refractivity contribution in [2.24, 2.45) is 0 Å². The number of aryl methyl sites for hydroxylation is 2. The maximum atomic E-state index is 12.7. The first-order valence-electron chi connectivity index (χ1n) is 9.36. The minimum Gasteiger partial charge on any atom is -0.492 e. The van der Waals surface area contributed by atoms with Crippen molar-refractivity contribution in [3.8, 4) is 5.75 Å².